The molecule has 0 unspecified atom stereocenters. The largest absolute Gasteiger partial charge is 0.373 e. The van der Waals surface area contributed by atoms with Gasteiger partial charge in [-0.2, -0.15) is 0 Å². The van der Waals surface area contributed by atoms with Gasteiger partial charge in [0.05, 0.1) is 23.0 Å². The van der Waals surface area contributed by atoms with Crippen LogP contribution < -0.4 is 4.90 Å². The smallest absolute Gasteiger partial charge is 0.244 e. The van der Waals surface area contributed by atoms with Crippen molar-refractivity contribution in [3.05, 3.63) is 23.4 Å². The standard InChI is InChI=1S/C17H20N2O3/c1-9-7-10(2)18-13(8-9)19-14(20)16(3)11-5-6-12(22-11)17(16,4)15(19)21/h7-8,11-12H,5-6H2,1-4H3/t11-,12+,16+,17-. The summed E-state index contributed by atoms with van der Waals surface area (Å²) in [6, 6.07) is 3.74. The van der Waals surface area contributed by atoms with Crippen molar-refractivity contribution in [3.8, 4) is 0 Å². The molecule has 22 heavy (non-hydrogen) atoms. The summed E-state index contributed by atoms with van der Waals surface area (Å²) < 4.78 is 5.93. The number of imide groups is 1. The van der Waals surface area contributed by atoms with E-state index < -0.39 is 10.8 Å². The molecule has 3 fully saturated rings. The Labute approximate surface area is 129 Å². The van der Waals surface area contributed by atoms with E-state index in [4.69, 9.17) is 4.74 Å². The number of ether oxygens (including phenoxy) is 1. The topological polar surface area (TPSA) is 59.5 Å². The van der Waals surface area contributed by atoms with Crippen LogP contribution in [0, 0.1) is 24.7 Å². The predicted octanol–water partition coefficient (Wildman–Crippen LogP) is 2.15. The molecule has 0 saturated carbocycles. The van der Waals surface area contributed by atoms with Crippen LogP contribution in [0.1, 0.15) is 37.9 Å². The Morgan fingerprint density at radius 2 is 1.64 bits per heavy atom. The molecule has 4 heterocycles. The first kappa shape index (κ1) is 13.9. The van der Waals surface area contributed by atoms with Crippen molar-refractivity contribution in [2.75, 3.05) is 4.90 Å². The predicted molar refractivity (Wildman–Crippen MR) is 80.3 cm³/mol. The number of fused-ring (bicyclic) bond motifs is 5. The molecule has 5 nitrogen and oxygen atoms in total. The van der Waals surface area contributed by atoms with Crippen molar-refractivity contribution in [1.82, 2.24) is 4.98 Å². The summed E-state index contributed by atoms with van der Waals surface area (Å²) >= 11 is 0. The highest BCUT2D eigenvalue weighted by Crippen LogP contribution is 2.64. The maximum Gasteiger partial charge on any atom is 0.244 e. The molecule has 4 atom stereocenters. The number of carbonyl (C=O) groups is 2. The minimum absolute atomic E-state index is 0.158. The second kappa shape index (κ2) is 3.96. The van der Waals surface area contributed by atoms with Gasteiger partial charge in [0.15, 0.2) is 0 Å². The summed E-state index contributed by atoms with van der Waals surface area (Å²) in [4.78, 5) is 32.0. The van der Waals surface area contributed by atoms with Gasteiger partial charge in [0, 0.05) is 5.69 Å². The minimum atomic E-state index is -0.771. The van der Waals surface area contributed by atoms with Gasteiger partial charge in [0.25, 0.3) is 0 Å². The second-order valence-corrected chi connectivity index (χ2v) is 7.19. The molecule has 3 saturated heterocycles. The summed E-state index contributed by atoms with van der Waals surface area (Å²) in [5.74, 6) is 0.123. The van der Waals surface area contributed by atoms with Crippen molar-refractivity contribution < 1.29 is 14.3 Å². The maximum atomic E-state index is 13.1. The first-order chi connectivity index (χ1) is 10.3. The summed E-state index contributed by atoms with van der Waals surface area (Å²) in [5.41, 5.74) is 0.260. The quantitative estimate of drug-likeness (QED) is 0.746. The number of amides is 2. The van der Waals surface area contributed by atoms with E-state index in [1.54, 1.807) is 6.07 Å². The van der Waals surface area contributed by atoms with E-state index in [9.17, 15) is 9.59 Å². The van der Waals surface area contributed by atoms with Crippen molar-refractivity contribution in [1.29, 1.82) is 0 Å². The van der Waals surface area contributed by atoms with Crippen molar-refractivity contribution in [2.45, 2.75) is 52.7 Å². The van der Waals surface area contributed by atoms with Gasteiger partial charge in [0.1, 0.15) is 5.82 Å². The summed E-state index contributed by atoms with van der Waals surface area (Å²) in [7, 11) is 0. The zero-order valence-electron chi connectivity index (χ0n) is 13.3. The third-order valence-electron chi connectivity index (χ3n) is 5.99. The number of hydrogen-bond acceptors (Lipinski definition) is 4. The van der Waals surface area contributed by atoms with Crippen LogP contribution in [0.3, 0.4) is 0 Å². The van der Waals surface area contributed by atoms with Crippen LogP contribution in [0.15, 0.2) is 12.1 Å². The van der Waals surface area contributed by atoms with Crippen molar-refractivity contribution in [3.63, 3.8) is 0 Å². The number of nitrogens with zero attached hydrogens (tertiary/aromatic N) is 2. The molecule has 0 aromatic carbocycles. The summed E-state index contributed by atoms with van der Waals surface area (Å²) in [5, 5.41) is 0. The Hall–Kier alpha value is -1.75. The minimum Gasteiger partial charge on any atom is -0.373 e. The first-order valence-electron chi connectivity index (χ1n) is 7.80. The average molecular weight is 300 g/mol. The monoisotopic (exact) mass is 300 g/mol. The molecule has 1 aromatic rings. The van der Waals surface area contributed by atoms with Crippen LogP contribution in [0.25, 0.3) is 0 Å². The number of aromatic nitrogens is 1. The third-order valence-corrected chi connectivity index (χ3v) is 5.99. The molecular formula is C17H20N2O3. The van der Waals surface area contributed by atoms with Gasteiger partial charge in [-0.1, -0.05) is 0 Å². The van der Waals surface area contributed by atoms with Gasteiger partial charge in [-0.25, -0.2) is 9.88 Å². The van der Waals surface area contributed by atoms with E-state index in [0.29, 0.717) is 5.82 Å². The first-order valence-corrected chi connectivity index (χ1v) is 7.80. The van der Waals surface area contributed by atoms with E-state index in [0.717, 1.165) is 24.1 Å². The van der Waals surface area contributed by atoms with Crippen LogP contribution >= 0.6 is 0 Å². The normalized spacial score (nSPS) is 39.7. The van der Waals surface area contributed by atoms with Gasteiger partial charge in [-0.05, 0) is 58.2 Å². The average Bonchev–Trinajstić information content (AvgIpc) is 3.04. The SMILES string of the molecule is Cc1cc(C)nc(N2C(=O)[C@@]3(C)[C@@H]4CC[C@@H](O4)[C@@]3(C)C2=O)c1. The van der Waals surface area contributed by atoms with E-state index in [2.05, 4.69) is 4.98 Å². The molecule has 0 aliphatic carbocycles. The third kappa shape index (κ3) is 1.32. The lowest BCUT2D eigenvalue weighted by atomic mass is 9.59. The molecule has 1 aromatic heterocycles. The Bertz CT molecular complexity index is 662. The van der Waals surface area contributed by atoms with Crippen molar-refractivity contribution in [2.24, 2.45) is 10.8 Å². The van der Waals surface area contributed by atoms with Crippen LogP contribution in [0.4, 0.5) is 5.82 Å². The van der Waals surface area contributed by atoms with Gasteiger partial charge in [0.2, 0.25) is 11.8 Å². The molecule has 0 N–H and O–H groups in total. The molecule has 5 heteroatoms. The molecule has 3 aliphatic heterocycles. The second-order valence-electron chi connectivity index (χ2n) is 7.19. The zero-order valence-corrected chi connectivity index (χ0v) is 13.3. The Kier molecular flexibility index (Phi) is 2.50. The van der Waals surface area contributed by atoms with E-state index in [1.165, 1.54) is 4.90 Å². The summed E-state index contributed by atoms with van der Waals surface area (Å²) in [6.07, 6.45) is 1.39. The van der Waals surface area contributed by atoms with E-state index in [1.807, 2.05) is 33.8 Å². The molecule has 0 spiro atoms. The lowest BCUT2D eigenvalue weighted by Gasteiger charge is -2.36. The fourth-order valence-corrected chi connectivity index (χ4v) is 4.57. The molecule has 3 aliphatic rings. The number of hydrogen-bond donors (Lipinski definition) is 0. The van der Waals surface area contributed by atoms with E-state index in [-0.39, 0.29) is 24.0 Å². The van der Waals surface area contributed by atoms with E-state index >= 15 is 0 Å². The van der Waals surface area contributed by atoms with Gasteiger partial charge < -0.3 is 4.74 Å². The molecule has 2 bridgehead atoms. The summed E-state index contributed by atoms with van der Waals surface area (Å²) in [6.45, 7) is 7.60. The highest BCUT2D eigenvalue weighted by molar-refractivity contribution is 6.25. The van der Waals surface area contributed by atoms with Crippen LogP contribution in [0.2, 0.25) is 0 Å². The highest BCUT2D eigenvalue weighted by atomic mass is 16.5. The number of carbonyl (C=O) groups excluding carboxylic acids is 2. The number of rotatable bonds is 1. The van der Waals surface area contributed by atoms with Crippen LogP contribution in [0.5, 0.6) is 0 Å². The Balaban J connectivity index is 1.87. The highest BCUT2D eigenvalue weighted by Gasteiger charge is 2.77. The number of anilines is 1. The lowest BCUT2D eigenvalue weighted by molar-refractivity contribution is -0.132. The van der Waals surface area contributed by atoms with Gasteiger partial charge in [-0.3, -0.25) is 9.59 Å². The van der Waals surface area contributed by atoms with Crippen LogP contribution in [-0.4, -0.2) is 29.0 Å². The molecule has 0 radical (unpaired) electrons. The molecule has 4 rings (SSSR count). The lowest BCUT2D eigenvalue weighted by Crippen LogP contribution is -2.48. The molecule has 2 amide bonds. The fraction of sp³-hybridized carbons (Fsp3) is 0.588. The van der Waals surface area contributed by atoms with Gasteiger partial charge >= 0.3 is 0 Å². The van der Waals surface area contributed by atoms with Gasteiger partial charge in [-0.15, -0.1) is 0 Å². The van der Waals surface area contributed by atoms with Crippen LogP contribution in [-0.2, 0) is 14.3 Å². The maximum absolute atomic E-state index is 13.1. The fourth-order valence-electron chi connectivity index (χ4n) is 4.57. The zero-order chi connectivity index (χ0) is 15.9. The number of pyridine rings is 1. The Morgan fingerprint density at radius 3 is 2.14 bits per heavy atom. The number of aryl methyl sites for hydroxylation is 2. The Morgan fingerprint density at radius 1 is 1.09 bits per heavy atom. The molecule has 116 valence electrons. The molecular weight excluding hydrogens is 280 g/mol. The van der Waals surface area contributed by atoms with Crippen molar-refractivity contribution >= 4 is 17.6 Å².